The van der Waals surface area contributed by atoms with Crippen LogP contribution < -0.4 is 10.6 Å². The van der Waals surface area contributed by atoms with Crippen LogP contribution in [0.4, 0.5) is 22.1 Å². The normalized spacial score (nSPS) is 14.8. The van der Waals surface area contributed by atoms with Crippen LogP contribution in [0.15, 0.2) is 36.5 Å². The number of benzene rings is 1. The molecule has 1 aromatic carbocycles. The van der Waals surface area contributed by atoms with Crippen molar-refractivity contribution in [3.8, 4) is 0 Å². The number of carbonyl (C=O) groups is 2. The summed E-state index contributed by atoms with van der Waals surface area (Å²) in [5.41, 5.74) is 1.30. The Morgan fingerprint density at radius 1 is 1.24 bits per heavy atom. The van der Waals surface area contributed by atoms with Crippen LogP contribution in [0.2, 0.25) is 0 Å². The highest BCUT2D eigenvalue weighted by atomic mass is 127. The monoisotopic (exact) mass is 562 g/mol. The fraction of sp³-hybridized carbons (Fsp3) is 0.391. The molecule has 174 valence electrons. The minimum absolute atomic E-state index is 0.142. The minimum Gasteiger partial charge on any atom is -0.444 e. The topological polar surface area (TPSA) is 101 Å². The van der Waals surface area contributed by atoms with Gasteiger partial charge in [0.2, 0.25) is 0 Å². The Labute approximate surface area is 206 Å². The maximum atomic E-state index is 12.4. The fourth-order valence-electron chi connectivity index (χ4n) is 3.69. The average Bonchev–Trinajstić information content (AvgIpc) is 3.16. The molecular weight excluding hydrogens is 535 g/mol. The number of piperidine rings is 1. The third-order valence-electron chi connectivity index (χ3n) is 5.22. The summed E-state index contributed by atoms with van der Waals surface area (Å²) in [6.45, 7) is 6.81. The van der Waals surface area contributed by atoms with Gasteiger partial charge in [-0.05, 0) is 74.4 Å². The lowest BCUT2D eigenvalue weighted by atomic mass is 10.1. The number of aromatic nitrogens is 3. The van der Waals surface area contributed by atoms with Gasteiger partial charge in [0.25, 0.3) is 0 Å². The van der Waals surface area contributed by atoms with Crippen molar-refractivity contribution < 1.29 is 14.3 Å². The summed E-state index contributed by atoms with van der Waals surface area (Å²) in [6.07, 6.45) is 3.53. The van der Waals surface area contributed by atoms with Gasteiger partial charge in [-0.25, -0.2) is 9.78 Å². The Hall–Kier alpha value is -2.89. The Kier molecular flexibility index (Phi) is 6.73. The number of hydrogen-bond donors (Lipinski definition) is 2. The molecule has 0 radical (unpaired) electrons. The molecular formula is C23H27IN6O3. The zero-order valence-corrected chi connectivity index (χ0v) is 21.0. The van der Waals surface area contributed by atoms with E-state index in [0.717, 1.165) is 34.2 Å². The average molecular weight is 562 g/mol. The second-order valence-electron chi connectivity index (χ2n) is 9.00. The van der Waals surface area contributed by atoms with Gasteiger partial charge in [0.1, 0.15) is 17.2 Å². The highest BCUT2D eigenvalue weighted by molar-refractivity contribution is 14.1. The molecule has 2 aromatic heterocycles. The van der Waals surface area contributed by atoms with Gasteiger partial charge in [0.05, 0.1) is 11.8 Å². The van der Waals surface area contributed by atoms with E-state index < -0.39 is 5.60 Å². The van der Waals surface area contributed by atoms with Gasteiger partial charge < -0.3 is 20.3 Å². The van der Waals surface area contributed by atoms with Gasteiger partial charge in [-0.1, -0.05) is 6.07 Å². The molecule has 3 heterocycles. The van der Waals surface area contributed by atoms with Crippen LogP contribution in [0.1, 0.15) is 44.0 Å². The van der Waals surface area contributed by atoms with Crippen molar-refractivity contribution in [3.05, 3.63) is 45.7 Å². The molecule has 1 aliphatic rings. The van der Waals surface area contributed by atoms with Crippen molar-refractivity contribution in [3.63, 3.8) is 0 Å². The molecule has 0 aliphatic carbocycles. The molecule has 0 saturated carbocycles. The molecule has 1 saturated heterocycles. The SMILES string of the molecule is CC(C)(C)OC(=O)N1CCC(Nc2cc(Nc3cccc(I)c3)nc3c(C=O)cnn23)CC1. The quantitative estimate of drug-likeness (QED) is 0.344. The summed E-state index contributed by atoms with van der Waals surface area (Å²) >= 11 is 2.26. The molecule has 1 fully saturated rings. The van der Waals surface area contributed by atoms with E-state index in [9.17, 15) is 9.59 Å². The van der Waals surface area contributed by atoms with E-state index in [0.29, 0.717) is 30.1 Å². The zero-order chi connectivity index (χ0) is 23.6. The molecule has 33 heavy (non-hydrogen) atoms. The van der Waals surface area contributed by atoms with Crippen molar-refractivity contribution in [2.45, 2.75) is 45.3 Å². The van der Waals surface area contributed by atoms with Crippen molar-refractivity contribution in [1.29, 1.82) is 0 Å². The molecule has 0 atom stereocenters. The van der Waals surface area contributed by atoms with E-state index in [2.05, 4.69) is 43.3 Å². The van der Waals surface area contributed by atoms with Gasteiger partial charge in [0, 0.05) is 34.5 Å². The van der Waals surface area contributed by atoms with Crippen molar-refractivity contribution in [2.24, 2.45) is 0 Å². The number of likely N-dealkylation sites (tertiary alicyclic amines) is 1. The van der Waals surface area contributed by atoms with Crippen LogP contribution in [0.25, 0.3) is 5.65 Å². The standard InChI is InChI=1S/C23H27IN6O3/c1-23(2,3)33-22(32)29-9-7-17(8-10-29)27-20-12-19(26-18-6-4-5-16(24)11-18)28-21-15(14-31)13-25-30(20)21/h4-6,11-14,17,27H,7-10H2,1-3H3,(H,26,28). The number of rotatable bonds is 5. The second-order valence-corrected chi connectivity index (χ2v) is 10.2. The van der Waals surface area contributed by atoms with Gasteiger partial charge in [-0.3, -0.25) is 4.79 Å². The van der Waals surface area contributed by atoms with E-state index in [1.54, 1.807) is 9.42 Å². The lowest BCUT2D eigenvalue weighted by Gasteiger charge is -2.34. The smallest absolute Gasteiger partial charge is 0.410 e. The summed E-state index contributed by atoms with van der Waals surface area (Å²) < 4.78 is 8.23. The third-order valence-corrected chi connectivity index (χ3v) is 5.89. The third kappa shape index (κ3) is 5.73. The molecule has 3 aromatic rings. The fourth-order valence-corrected chi connectivity index (χ4v) is 4.23. The second kappa shape index (κ2) is 9.54. The van der Waals surface area contributed by atoms with Crippen LogP contribution in [-0.4, -0.2) is 56.6 Å². The van der Waals surface area contributed by atoms with Crippen LogP contribution >= 0.6 is 22.6 Å². The predicted octanol–water partition coefficient (Wildman–Crippen LogP) is 4.70. The number of fused-ring (bicyclic) bond motifs is 1. The van der Waals surface area contributed by atoms with Gasteiger partial charge >= 0.3 is 6.09 Å². The lowest BCUT2D eigenvalue weighted by molar-refractivity contribution is 0.0210. The Bertz CT molecular complexity index is 1160. The summed E-state index contributed by atoms with van der Waals surface area (Å²) in [5, 5.41) is 11.2. The van der Waals surface area contributed by atoms with Crippen LogP contribution in [-0.2, 0) is 4.74 Å². The Morgan fingerprint density at radius 2 is 2.00 bits per heavy atom. The molecule has 4 rings (SSSR count). The first-order valence-electron chi connectivity index (χ1n) is 10.8. The number of nitrogens with one attached hydrogen (secondary N) is 2. The van der Waals surface area contributed by atoms with E-state index >= 15 is 0 Å². The van der Waals surface area contributed by atoms with Crippen molar-refractivity contribution in [1.82, 2.24) is 19.5 Å². The molecule has 1 amide bonds. The number of aldehydes is 1. The number of amides is 1. The molecule has 10 heteroatoms. The molecule has 1 aliphatic heterocycles. The Balaban J connectivity index is 1.52. The van der Waals surface area contributed by atoms with Crippen LogP contribution in [0.5, 0.6) is 0 Å². The molecule has 0 bridgehead atoms. The molecule has 9 nitrogen and oxygen atoms in total. The maximum Gasteiger partial charge on any atom is 0.410 e. The number of anilines is 3. The van der Waals surface area contributed by atoms with Gasteiger partial charge in [-0.2, -0.15) is 9.61 Å². The zero-order valence-electron chi connectivity index (χ0n) is 18.8. The van der Waals surface area contributed by atoms with Crippen molar-refractivity contribution in [2.75, 3.05) is 23.7 Å². The largest absolute Gasteiger partial charge is 0.444 e. The maximum absolute atomic E-state index is 12.4. The first-order chi connectivity index (χ1) is 15.7. The van der Waals surface area contributed by atoms with Crippen LogP contribution in [0.3, 0.4) is 0 Å². The summed E-state index contributed by atoms with van der Waals surface area (Å²) in [7, 11) is 0. The molecule has 0 spiro atoms. The summed E-state index contributed by atoms with van der Waals surface area (Å²) in [6, 6.07) is 9.99. The molecule has 0 unspecified atom stereocenters. The van der Waals surface area contributed by atoms with Gasteiger partial charge in [-0.15, -0.1) is 0 Å². The van der Waals surface area contributed by atoms with E-state index in [1.807, 2.05) is 51.1 Å². The first kappa shape index (κ1) is 23.3. The summed E-state index contributed by atoms with van der Waals surface area (Å²) in [5.74, 6) is 1.35. The van der Waals surface area contributed by atoms with Gasteiger partial charge in [0.15, 0.2) is 11.9 Å². The number of carbonyl (C=O) groups excluding carboxylic acids is 2. The minimum atomic E-state index is -0.509. The highest BCUT2D eigenvalue weighted by Crippen LogP contribution is 2.25. The van der Waals surface area contributed by atoms with E-state index in [-0.39, 0.29) is 12.1 Å². The number of hydrogen-bond acceptors (Lipinski definition) is 7. The van der Waals surface area contributed by atoms with Crippen LogP contribution in [0, 0.1) is 3.57 Å². The highest BCUT2D eigenvalue weighted by Gasteiger charge is 2.27. The number of nitrogens with zero attached hydrogens (tertiary/aromatic N) is 4. The lowest BCUT2D eigenvalue weighted by Crippen LogP contribution is -2.44. The van der Waals surface area contributed by atoms with E-state index in [1.165, 1.54) is 6.20 Å². The van der Waals surface area contributed by atoms with E-state index in [4.69, 9.17) is 4.74 Å². The Morgan fingerprint density at radius 3 is 2.67 bits per heavy atom. The first-order valence-corrected chi connectivity index (χ1v) is 11.9. The summed E-state index contributed by atoms with van der Waals surface area (Å²) in [4.78, 5) is 30.2. The van der Waals surface area contributed by atoms with Crippen molar-refractivity contribution >= 4 is 57.9 Å². The predicted molar refractivity (Wildman–Crippen MR) is 135 cm³/mol. The number of halogens is 1. The number of ether oxygens (including phenoxy) is 1. The molecule has 2 N–H and O–H groups in total.